The fourth-order valence-electron chi connectivity index (χ4n) is 7.26. The molecule has 1 aromatic carbocycles. The van der Waals surface area contributed by atoms with E-state index in [1.807, 2.05) is 36.9 Å². The van der Waals surface area contributed by atoms with E-state index in [1.165, 1.54) is 43.4 Å². The average molecular weight is 560 g/mol. The SMILES string of the molecule is CC(C)N(C)C(=O)c1cc(F)ccc1-n1cc(C2CCCN(C(=O)[C@H]3NC4CCC3CC4)CCC2)c2ccncc21. The van der Waals surface area contributed by atoms with Crippen LogP contribution in [0.2, 0.25) is 0 Å². The van der Waals surface area contributed by atoms with Crippen LogP contribution in [-0.4, -0.2) is 69.4 Å². The maximum atomic E-state index is 14.4. The van der Waals surface area contributed by atoms with E-state index < -0.39 is 5.82 Å². The number of aromatic nitrogens is 2. The van der Waals surface area contributed by atoms with Crippen LogP contribution in [0.1, 0.15) is 87.1 Å². The second-order valence-corrected chi connectivity index (χ2v) is 12.6. The predicted octanol–water partition coefficient (Wildman–Crippen LogP) is 5.66. The monoisotopic (exact) mass is 559 g/mol. The molecule has 4 fully saturated rings. The zero-order valence-electron chi connectivity index (χ0n) is 24.5. The summed E-state index contributed by atoms with van der Waals surface area (Å²) < 4.78 is 16.4. The van der Waals surface area contributed by atoms with E-state index in [1.54, 1.807) is 18.0 Å². The number of hydrogen-bond donors (Lipinski definition) is 1. The van der Waals surface area contributed by atoms with Crippen LogP contribution in [0.25, 0.3) is 16.6 Å². The van der Waals surface area contributed by atoms with Crippen LogP contribution >= 0.6 is 0 Å². The van der Waals surface area contributed by atoms with E-state index in [0.717, 1.165) is 49.7 Å². The molecule has 8 heteroatoms. The third kappa shape index (κ3) is 5.39. The summed E-state index contributed by atoms with van der Waals surface area (Å²) in [7, 11) is 1.75. The Morgan fingerprint density at radius 1 is 1.05 bits per heavy atom. The molecule has 0 unspecified atom stereocenters. The number of fused-ring (bicyclic) bond motifs is 4. The summed E-state index contributed by atoms with van der Waals surface area (Å²) in [6.07, 6.45) is 14.4. The van der Waals surface area contributed by atoms with Crippen molar-refractivity contribution in [1.82, 2.24) is 24.7 Å². The summed E-state index contributed by atoms with van der Waals surface area (Å²) in [5.41, 5.74) is 3.14. The summed E-state index contributed by atoms with van der Waals surface area (Å²) in [6.45, 7) is 5.48. The van der Waals surface area contributed by atoms with Gasteiger partial charge >= 0.3 is 0 Å². The van der Waals surface area contributed by atoms with Gasteiger partial charge in [0.05, 0.1) is 29.0 Å². The molecule has 3 aromatic rings. The van der Waals surface area contributed by atoms with E-state index in [-0.39, 0.29) is 18.0 Å². The normalized spacial score (nSPS) is 23.5. The highest BCUT2D eigenvalue weighted by atomic mass is 19.1. The van der Waals surface area contributed by atoms with Crippen LogP contribution in [0.15, 0.2) is 42.9 Å². The van der Waals surface area contributed by atoms with Crippen molar-refractivity contribution in [3.8, 4) is 5.69 Å². The van der Waals surface area contributed by atoms with Crippen molar-refractivity contribution in [2.45, 2.75) is 89.3 Å². The molecule has 5 heterocycles. The molecule has 7 rings (SSSR count). The Kier molecular flexibility index (Phi) is 7.86. The van der Waals surface area contributed by atoms with Crippen LogP contribution in [0, 0.1) is 11.7 Å². The zero-order valence-corrected chi connectivity index (χ0v) is 24.5. The van der Waals surface area contributed by atoms with Crippen molar-refractivity contribution in [3.63, 3.8) is 0 Å². The molecule has 2 aromatic heterocycles. The van der Waals surface area contributed by atoms with Crippen molar-refractivity contribution >= 4 is 22.7 Å². The van der Waals surface area contributed by atoms with Gasteiger partial charge in [0, 0.05) is 50.0 Å². The fraction of sp³-hybridized carbons (Fsp3) is 0.545. The third-order valence-corrected chi connectivity index (χ3v) is 9.82. The second kappa shape index (κ2) is 11.6. The van der Waals surface area contributed by atoms with Crippen LogP contribution in [0.5, 0.6) is 0 Å². The first-order chi connectivity index (χ1) is 19.8. The van der Waals surface area contributed by atoms with Crippen molar-refractivity contribution < 1.29 is 14.0 Å². The summed E-state index contributed by atoms with van der Waals surface area (Å²) in [5.74, 6) is 0.493. The molecule has 7 nitrogen and oxygen atoms in total. The molecular formula is C33H42FN5O2. The molecule has 4 aliphatic rings. The topological polar surface area (TPSA) is 70.5 Å². The lowest BCUT2D eigenvalue weighted by atomic mass is 9.76. The first-order valence-corrected chi connectivity index (χ1v) is 15.4. The molecular weight excluding hydrogens is 517 g/mol. The lowest BCUT2D eigenvalue weighted by Gasteiger charge is -2.44. The number of carbonyl (C=O) groups excluding carboxylic acids is 2. The van der Waals surface area contributed by atoms with E-state index in [2.05, 4.69) is 21.4 Å². The Balaban J connectivity index is 1.25. The van der Waals surface area contributed by atoms with Crippen molar-refractivity contribution in [3.05, 3.63) is 59.8 Å². The zero-order chi connectivity index (χ0) is 28.7. The van der Waals surface area contributed by atoms with E-state index in [9.17, 15) is 14.0 Å². The molecule has 41 heavy (non-hydrogen) atoms. The molecule has 2 bridgehead atoms. The molecule has 1 aliphatic carbocycles. The van der Waals surface area contributed by atoms with Crippen molar-refractivity contribution in [2.75, 3.05) is 20.1 Å². The van der Waals surface area contributed by atoms with Gasteiger partial charge in [-0.3, -0.25) is 14.6 Å². The molecule has 2 amide bonds. The standard InChI is InChI=1S/C33H42FN5O2/c1-21(2)37(3)32(40)27-18-24(34)10-13-29(27)39-20-28(26-14-15-35-19-30(26)39)22-6-4-16-38(17-5-7-22)33(41)31-23-8-11-25(36-31)12-9-23/h10,13-15,18-23,25,31,36H,4-9,11-12,16-17H2,1-3H3/t23?,25?,31-/m0/s1. The van der Waals surface area contributed by atoms with Gasteiger partial charge in [-0.1, -0.05) is 0 Å². The minimum absolute atomic E-state index is 0.00514. The predicted molar refractivity (Wildman–Crippen MR) is 159 cm³/mol. The van der Waals surface area contributed by atoms with Crippen molar-refractivity contribution in [2.24, 2.45) is 5.92 Å². The molecule has 1 saturated carbocycles. The van der Waals surface area contributed by atoms with Gasteiger partial charge in [0.25, 0.3) is 5.91 Å². The van der Waals surface area contributed by atoms with Crippen LogP contribution < -0.4 is 5.32 Å². The molecule has 0 spiro atoms. The smallest absolute Gasteiger partial charge is 0.256 e. The van der Waals surface area contributed by atoms with Gasteiger partial charge in [0.2, 0.25) is 5.91 Å². The number of nitrogens with one attached hydrogen (secondary N) is 1. The molecule has 0 radical (unpaired) electrons. The Hall–Kier alpha value is -3.26. The van der Waals surface area contributed by atoms with E-state index in [4.69, 9.17) is 0 Å². The van der Waals surface area contributed by atoms with Gasteiger partial charge < -0.3 is 19.7 Å². The quantitative estimate of drug-likeness (QED) is 0.438. The maximum Gasteiger partial charge on any atom is 0.256 e. The highest BCUT2D eigenvalue weighted by Crippen LogP contribution is 2.38. The summed E-state index contributed by atoms with van der Waals surface area (Å²) in [5, 5.41) is 4.75. The van der Waals surface area contributed by atoms with Gasteiger partial charge in [-0.25, -0.2) is 4.39 Å². The highest BCUT2D eigenvalue weighted by molar-refractivity contribution is 5.99. The lowest BCUT2D eigenvalue weighted by Crippen LogP contribution is -2.59. The van der Waals surface area contributed by atoms with Gasteiger partial charge in [-0.15, -0.1) is 0 Å². The van der Waals surface area contributed by atoms with Crippen molar-refractivity contribution in [1.29, 1.82) is 0 Å². The number of amides is 2. The number of likely N-dealkylation sites (tertiary alicyclic amines) is 1. The number of pyridine rings is 1. The Morgan fingerprint density at radius 2 is 1.78 bits per heavy atom. The van der Waals surface area contributed by atoms with Crippen LogP contribution in [-0.2, 0) is 4.79 Å². The fourth-order valence-corrected chi connectivity index (χ4v) is 7.26. The lowest BCUT2D eigenvalue weighted by molar-refractivity contribution is -0.137. The summed E-state index contributed by atoms with van der Waals surface area (Å²) in [6, 6.07) is 7.01. The van der Waals surface area contributed by atoms with E-state index >= 15 is 0 Å². The Labute approximate surface area is 242 Å². The minimum Gasteiger partial charge on any atom is -0.341 e. The number of benzene rings is 1. The Bertz CT molecular complexity index is 1420. The number of rotatable bonds is 5. The number of hydrogen-bond acceptors (Lipinski definition) is 4. The average Bonchev–Trinajstić information content (AvgIpc) is 3.36. The third-order valence-electron chi connectivity index (χ3n) is 9.82. The highest BCUT2D eigenvalue weighted by Gasteiger charge is 2.40. The first-order valence-electron chi connectivity index (χ1n) is 15.4. The van der Waals surface area contributed by atoms with Crippen LogP contribution in [0.3, 0.4) is 0 Å². The maximum absolute atomic E-state index is 14.4. The Morgan fingerprint density at radius 3 is 2.44 bits per heavy atom. The summed E-state index contributed by atoms with van der Waals surface area (Å²) in [4.78, 5) is 35.0. The molecule has 1 N–H and O–H groups in total. The number of carbonyl (C=O) groups is 2. The molecule has 218 valence electrons. The largest absolute Gasteiger partial charge is 0.341 e. The van der Waals surface area contributed by atoms with Gasteiger partial charge in [0.15, 0.2) is 0 Å². The van der Waals surface area contributed by atoms with Gasteiger partial charge in [0.1, 0.15) is 5.82 Å². The number of nitrogens with zero attached hydrogens (tertiary/aromatic N) is 4. The minimum atomic E-state index is -0.431. The molecule has 1 atom stereocenters. The molecule has 3 saturated heterocycles. The summed E-state index contributed by atoms with van der Waals surface area (Å²) >= 11 is 0. The van der Waals surface area contributed by atoms with Gasteiger partial charge in [-0.05, 0) is 107 Å². The van der Waals surface area contributed by atoms with Gasteiger partial charge in [-0.2, -0.15) is 0 Å². The van der Waals surface area contributed by atoms with E-state index in [0.29, 0.717) is 35.0 Å². The second-order valence-electron chi connectivity index (χ2n) is 12.6. The molecule has 3 aliphatic heterocycles. The van der Waals surface area contributed by atoms with Crippen LogP contribution in [0.4, 0.5) is 4.39 Å². The first kappa shape index (κ1) is 27.9. The number of halogens is 1. The number of piperidine rings is 2.